The number of pyridine rings is 1. The second-order valence-corrected chi connectivity index (χ2v) is 9.83. The summed E-state index contributed by atoms with van der Waals surface area (Å²) in [6.45, 7) is 3.48. The normalized spacial score (nSPS) is 22.4. The number of hydrogen-bond donors (Lipinski definition) is 2. The van der Waals surface area contributed by atoms with Gasteiger partial charge in [-0.2, -0.15) is 0 Å². The number of aromatic nitrogens is 1. The molecule has 5 rings (SSSR count). The zero-order chi connectivity index (χ0) is 22.9. The molecule has 0 unspecified atom stereocenters. The van der Waals surface area contributed by atoms with E-state index in [9.17, 15) is 14.4 Å². The van der Waals surface area contributed by atoms with Crippen LogP contribution in [-0.2, 0) is 11.3 Å². The van der Waals surface area contributed by atoms with Crippen LogP contribution in [0, 0.1) is 5.92 Å². The number of carbonyl (C=O) groups excluding carboxylic acids is 2. The van der Waals surface area contributed by atoms with Gasteiger partial charge in [0.1, 0.15) is 0 Å². The number of nitrogens with one attached hydrogen (secondary N) is 2. The van der Waals surface area contributed by atoms with Crippen molar-refractivity contribution in [1.82, 2.24) is 14.8 Å². The minimum absolute atomic E-state index is 0.0263. The van der Waals surface area contributed by atoms with Gasteiger partial charge in [-0.25, -0.2) is 4.79 Å². The number of carbonyl (C=O) groups is 2. The molecule has 2 fully saturated rings. The van der Waals surface area contributed by atoms with E-state index in [-0.39, 0.29) is 23.4 Å². The Hall–Kier alpha value is -3.09. The molecule has 3 heterocycles. The predicted molar refractivity (Wildman–Crippen MR) is 128 cm³/mol. The molecular formula is C26H32N4O3. The summed E-state index contributed by atoms with van der Waals surface area (Å²) in [5, 5.41) is 6.06. The summed E-state index contributed by atoms with van der Waals surface area (Å²) >= 11 is 0. The van der Waals surface area contributed by atoms with Crippen molar-refractivity contribution in [2.75, 3.05) is 18.4 Å². The number of urea groups is 1. The molecule has 7 nitrogen and oxygen atoms in total. The van der Waals surface area contributed by atoms with E-state index in [1.807, 2.05) is 39.8 Å². The molecular weight excluding hydrogens is 416 g/mol. The maximum absolute atomic E-state index is 13.1. The van der Waals surface area contributed by atoms with E-state index in [4.69, 9.17) is 0 Å². The van der Waals surface area contributed by atoms with Gasteiger partial charge in [-0.3, -0.25) is 9.59 Å². The Kier molecular flexibility index (Phi) is 5.96. The smallest absolute Gasteiger partial charge is 0.317 e. The fourth-order valence-electron chi connectivity index (χ4n) is 5.87. The first kappa shape index (κ1) is 21.7. The molecule has 174 valence electrons. The third-order valence-corrected chi connectivity index (χ3v) is 7.33. The number of hydrogen-bond acceptors (Lipinski definition) is 3. The van der Waals surface area contributed by atoms with Gasteiger partial charge in [0.2, 0.25) is 5.91 Å². The van der Waals surface area contributed by atoms with Gasteiger partial charge in [0, 0.05) is 61.5 Å². The predicted octanol–water partition coefficient (Wildman–Crippen LogP) is 3.94. The van der Waals surface area contributed by atoms with Gasteiger partial charge in [-0.05, 0) is 48.9 Å². The van der Waals surface area contributed by atoms with Crippen molar-refractivity contribution >= 4 is 17.6 Å². The van der Waals surface area contributed by atoms with E-state index < -0.39 is 0 Å². The third kappa shape index (κ3) is 4.54. The zero-order valence-electron chi connectivity index (χ0n) is 19.2. The number of fused-ring (bicyclic) bond motifs is 4. The van der Waals surface area contributed by atoms with E-state index in [1.165, 1.54) is 26.2 Å². The van der Waals surface area contributed by atoms with E-state index in [0.29, 0.717) is 31.6 Å². The molecule has 1 aromatic heterocycles. The Morgan fingerprint density at radius 1 is 0.939 bits per heavy atom. The van der Waals surface area contributed by atoms with Crippen molar-refractivity contribution in [2.24, 2.45) is 5.92 Å². The lowest BCUT2D eigenvalue weighted by molar-refractivity contribution is -0.114. The maximum Gasteiger partial charge on any atom is 0.317 e. The fourth-order valence-corrected chi connectivity index (χ4v) is 5.87. The molecule has 2 bridgehead atoms. The molecule has 2 aromatic rings. The molecule has 2 aliphatic heterocycles. The van der Waals surface area contributed by atoms with Crippen LogP contribution in [0.15, 0.2) is 41.2 Å². The molecule has 1 aliphatic carbocycles. The van der Waals surface area contributed by atoms with Gasteiger partial charge < -0.3 is 20.1 Å². The Balaban J connectivity index is 1.41. The maximum atomic E-state index is 13.1. The first-order valence-corrected chi connectivity index (χ1v) is 12.1. The van der Waals surface area contributed by atoms with Crippen molar-refractivity contribution in [1.29, 1.82) is 0 Å². The molecule has 1 saturated carbocycles. The molecule has 1 aromatic carbocycles. The summed E-state index contributed by atoms with van der Waals surface area (Å²) in [6.07, 6.45) is 6.79. The zero-order valence-corrected chi connectivity index (χ0v) is 19.2. The summed E-state index contributed by atoms with van der Waals surface area (Å²) in [5.41, 5.74) is 3.84. The minimum Gasteiger partial charge on any atom is -0.335 e. The van der Waals surface area contributed by atoms with Crippen LogP contribution < -0.4 is 16.2 Å². The van der Waals surface area contributed by atoms with Gasteiger partial charge >= 0.3 is 6.03 Å². The Morgan fingerprint density at radius 2 is 1.70 bits per heavy atom. The van der Waals surface area contributed by atoms with E-state index in [2.05, 4.69) is 10.6 Å². The van der Waals surface area contributed by atoms with Crippen molar-refractivity contribution in [2.45, 2.75) is 64.0 Å². The first-order chi connectivity index (χ1) is 16.0. The number of piperidine rings is 1. The fraction of sp³-hybridized carbons (Fsp3) is 0.500. The van der Waals surface area contributed by atoms with Gasteiger partial charge in [0.05, 0.1) is 0 Å². The summed E-state index contributed by atoms with van der Waals surface area (Å²) in [5.74, 6) is 0.322. The quantitative estimate of drug-likeness (QED) is 0.746. The van der Waals surface area contributed by atoms with Gasteiger partial charge in [-0.1, -0.05) is 31.4 Å². The van der Waals surface area contributed by atoms with Crippen LogP contribution in [0.2, 0.25) is 0 Å². The highest BCUT2D eigenvalue weighted by Crippen LogP contribution is 2.40. The molecule has 0 radical (unpaired) electrons. The van der Waals surface area contributed by atoms with Crippen LogP contribution in [0.25, 0.3) is 11.1 Å². The average Bonchev–Trinajstić information content (AvgIpc) is 2.80. The largest absolute Gasteiger partial charge is 0.335 e. The lowest BCUT2D eigenvalue weighted by Crippen LogP contribution is -2.53. The molecule has 3 aliphatic rings. The molecule has 33 heavy (non-hydrogen) atoms. The summed E-state index contributed by atoms with van der Waals surface area (Å²) in [7, 11) is 0. The van der Waals surface area contributed by atoms with Crippen molar-refractivity contribution in [3.05, 3.63) is 52.4 Å². The second kappa shape index (κ2) is 9.04. The third-order valence-electron chi connectivity index (χ3n) is 7.33. The number of nitrogens with zero attached hydrogens (tertiary/aromatic N) is 2. The van der Waals surface area contributed by atoms with Crippen LogP contribution in [0.1, 0.15) is 57.1 Å². The van der Waals surface area contributed by atoms with E-state index in [0.717, 1.165) is 41.8 Å². The monoisotopic (exact) mass is 448 g/mol. The average molecular weight is 449 g/mol. The number of amides is 3. The van der Waals surface area contributed by atoms with Crippen LogP contribution in [0.4, 0.5) is 10.5 Å². The highest BCUT2D eigenvalue weighted by molar-refractivity contribution is 5.89. The first-order valence-electron chi connectivity index (χ1n) is 12.1. The van der Waals surface area contributed by atoms with Crippen LogP contribution in [0.5, 0.6) is 0 Å². The standard InChI is InChI=1S/C26H32N4O3/c1-17(31)27-22-9-7-19(8-10-22)23-11-12-24(32)30-15-18-13-20(25(23)30)16-29(14-18)26(33)28-21-5-3-2-4-6-21/h7-12,18,20-21H,2-6,13-16H2,1H3,(H,27,31)(H,28,33)/t18-,20+/m0/s1. The summed E-state index contributed by atoms with van der Waals surface area (Å²) in [6, 6.07) is 11.6. The van der Waals surface area contributed by atoms with Gasteiger partial charge in [-0.15, -0.1) is 0 Å². The number of likely N-dealkylation sites (tertiary alicyclic amines) is 1. The Labute approximate surface area is 194 Å². The topological polar surface area (TPSA) is 83.4 Å². The van der Waals surface area contributed by atoms with Gasteiger partial charge in [0.25, 0.3) is 5.56 Å². The van der Waals surface area contributed by atoms with Crippen LogP contribution in [-0.4, -0.2) is 40.5 Å². The molecule has 0 spiro atoms. The molecule has 1 saturated heterocycles. The minimum atomic E-state index is -0.105. The van der Waals surface area contributed by atoms with Crippen molar-refractivity contribution in [3.63, 3.8) is 0 Å². The molecule has 7 heteroatoms. The van der Waals surface area contributed by atoms with Crippen molar-refractivity contribution < 1.29 is 9.59 Å². The highest BCUT2D eigenvalue weighted by Gasteiger charge is 2.38. The lowest BCUT2D eigenvalue weighted by Gasteiger charge is -2.44. The lowest BCUT2D eigenvalue weighted by atomic mass is 9.80. The highest BCUT2D eigenvalue weighted by atomic mass is 16.2. The Morgan fingerprint density at radius 3 is 2.42 bits per heavy atom. The molecule has 2 N–H and O–H groups in total. The number of benzene rings is 1. The SMILES string of the molecule is CC(=O)Nc1ccc(-c2ccc(=O)n3c2[C@@H]2C[C@@H](CN(C(=O)NC4CCCCC4)C2)C3)cc1. The number of rotatable bonds is 3. The molecule has 3 amide bonds. The molecule has 2 atom stereocenters. The van der Waals surface area contributed by atoms with Crippen LogP contribution >= 0.6 is 0 Å². The van der Waals surface area contributed by atoms with E-state index >= 15 is 0 Å². The summed E-state index contributed by atoms with van der Waals surface area (Å²) < 4.78 is 1.92. The van der Waals surface area contributed by atoms with Crippen molar-refractivity contribution in [3.8, 4) is 11.1 Å². The van der Waals surface area contributed by atoms with E-state index in [1.54, 1.807) is 6.07 Å². The Bertz CT molecular complexity index is 1100. The van der Waals surface area contributed by atoms with Gasteiger partial charge in [0.15, 0.2) is 0 Å². The van der Waals surface area contributed by atoms with Crippen LogP contribution in [0.3, 0.4) is 0 Å². The second-order valence-electron chi connectivity index (χ2n) is 9.83. The number of anilines is 1. The summed E-state index contributed by atoms with van der Waals surface area (Å²) in [4.78, 5) is 39.1.